The first-order valence-electron chi connectivity index (χ1n) is 10.1. The van der Waals surface area contributed by atoms with Gasteiger partial charge in [0.15, 0.2) is 5.13 Å². The third-order valence-corrected chi connectivity index (χ3v) is 6.47. The number of carbonyl (C=O) groups is 3. The van der Waals surface area contributed by atoms with Crippen molar-refractivity contribution in [3.8, 4) is 11.5 Å². The molecule has 1 aliphatic heterocycles. The van der Waals surface area contributed by atoms with Crippen LogP contribution < -0.4 is 9.64 Å². The van der Waals surface area contributed by atoms with Gasteiger partial charge < -0.3 is 19.7 Å². The van der Waals surface area contributed by atoms with E-state index in [2.05, 4.69) is 4.98 Å². The highest BCUT2D eigenvalue weighted by Gasteiger charge is 2.48. The third kappa shape index (κ3) is 3.88. The molecule has 9 nitrogen and oxygen atoms in total. The van der Waals surface area contributed by atoms with Crippen LogP contribution in [0.5, 0.6) is 11.5 Å². The SMILES string of the molecule is COC(=O)c1sc(N2C(=O)C(=O)C(=C(O)c3cccc(OC)c3)[C@H]2c2cccc(O)c2)nc1C. The Bertz CT molecular complexity index is 1340. The predicted octanol–water partition coefficient (Wildman–Crippen LogP) is 3.58. The number of aromatic nitrogens is 1. The number of phenolic OH excluding ortho intramolecular Hbond substituents is 1. The van der Waals surface area contributed by atoms with Crippen molar-refractivity contribution in [3.05, 3.63) is 75.8 Å². The number of carbonyl (C=O) groups excluding carboxylic acids is 3. The molecule has 2 aromatic carbocycles. The summed E-state index contributed by atoms with van der Waals surface area (Å²) in [6.07, 6.45) is 0. The summed E-state index contributed by atoms with van der Waals surface area (Å²) in [5.74, 6) is -2.53. The third-order valence-electron chi connectivity index (χ3n) is 5.34. The summed E-state index contributed by atoms with van der Waals surface area (Å²) in [7, 11) is 2.70. The summed E-state index contributed by atoms with van der Waals surface area (Å²) in [6, 6.07) is 11.3. The Morgan fingerprint density at radius 2 is 1.85 bits per heavy atom. The van der Waals surface area contributed by atoms with Crippen molar-refractivity contribution < 1.29 is 34.1 Å². The number of aliphatic hydroxyl groups excluding tert-OH is 1. The van der Waals surface area contributed by atoms with E-state index in [-0.39, 0.29) is 26.9 Å². The van der Waals surface area contributed by atoms with Crippen molar-refractivity contribution in [1.29, 1.82) is 0 Å². The number of aromatic hydroxyl groups is 1. The molecular weight excluding hydrogens is 460 g/mol. The molecule has 1 saturated heterocycles. The molecule has 0 aliphatic carbocycles. The Kier molecular flexibility index (Phi) is 6.08. The fourth-order valence-corrected chi connectivity index (χ4v) is 4.75. The standard InChI is InChI=1S/C24H20N2O7S/c1-12-21(23(31)33-3)34-24(25-12)26-18(13-6-4-8-15(27)10-13)17(20(29)22(26)30)19(28)14-7-5-9-16(11-14)32-2/h4-11,18,27-28H,1-3H3/t18-/m1/s1. The molecule has 1 atom stereocenters. The molecule has 174 valence electrons. The van der Waals surface area contributed by atoms with E-state index in [0.29, 0.717) is 17.0 Å². The number of esters is 1. The molecule has 10 heteroatoms. The van der Waals surface area contributed by atoms with Crippen LogP contribution in [0.4, 0.5) is 5.13 Å². The van der Waals surface area contributed by atoms with E-state index in [1.54, 1.807) is 37.3 Å². The molecule has 0 spiro atoms. The number of amides is 1. The second-order valence-electron chi connectivity index (χ2n) is 7.40. The van der Waals surface area contributed by atoms with Crippen molar-refractivity contribution in [2.45, 2.75) is 13.0 Å². The number of Topliss-reactive ketones (excluding diaryl/α,β-unsaturated/α-hetero) is 1. The van der Waals surface area contributed by atoms with E-state index in [9.17, 15) is 24.6 Å². The molecule has 2 heterocycles. The van der Waals surface area contributed by atoms with Crippen molar-refractivity contribution in [3.63, 3.8) is 0 Å². The van der Waals surface area contributed by atoms with Gasteiger partial charge in [-0.3, -0.25) is 14.5 Å². The van der Waals surface area contributed by atoms with Crippen LogP contribution in [0.1, 0.15) is 32.5 Å². The number of ether oxygens (including phenoxy) is 2. The summed E-state index contributed by atoms with van der Waals surface area (Å²) < 4.78 is 9.98. The number of benzene rings is 2. The van der Waals surface area contributed by atoms with Crippen LogP contribution >= 0.6 is 11.3 Å². The maximum Gasteiger partial charge on any atom is 0.350 e. The topological polar surface area (TPSA) is 126 Å². The van der Waals surface area contributed by atoms with Crippen LogP contribution in [0, 0.1) is 6.92 Å². The smallest absolute Gasteiger partial charge is 0.350 e. The van der Waals surface area contributed by atoms with Crippen LogP contribution in [-0.4, -0.2) is 47.1 Å². The molecule has 0 radical (unpaired) electrons. The van der Waals surface area contributed by atoms with Crippen molar-refractivity contribution in [2.75, 3.05) is 19.1 Å². The van der Waals surface area contributed by atoms with Gasteiger partial charge in [0.2, 0.25) is 0 Å². The van der Waals surface area contributed by atoms with Crippen molar-refractivity contribution in [2.24, 2.45) is 0 Å². The maximum absolute atomic E-state index is 13.2. The number of nitrogens with zero attached hydrogens (tertiary/aromatic N) is 2. The number of ketones is 1. The van der Waals surface area contributed by atoms with Crippen LogP contribution in [0.2, 0.25) is 0 Å². The minimum Gasteiger partial charge on any atom is -0.508 e. The lowest BCUT2D eigenvalue weighted by atomic mass is 9.95. The molecule has 1 amide bonds. The summed E-state index contributed by atoms with van der Waals surface area (Å²) in [6.45, 7) is 1.59. The zero-order valence-electron chi connectivity index (χ0n) is 18.4. The number of rotatable bonds is 5. The molecule has 0 saturated carbocycles. The van der Waals surface area contributed by atoms with Gasteiger partial charge in [-0.2, -0.15) is 0 Å². The molecule has 2 N–H and O–H groups in total. The number of aliphatic hydroxyl groups is 1. The Balaban J connectivity index is 1.95. The molecule has 3 aromatic rings. The molecular formula is C24H20N2O7S. The minimum atomic E-state index is -1.10. The van der Waals surface area contributed by atoms with Gasteiger partial charge in [-0.25, -0.2) is 9.78 Å². The fraction of sp³-hybridized carbons (Fsp3) is 0.167. The first-order valence-corrected chi connectivity index (χ1v) is 10.9. The normalized spacial score (nSPS) is 17.1. The van der Waals surface area contributed by atoms with Gasteiger partial charge in [0, 0.05) is 5.56 Å². The highest BCUT2D eigenvalue weighted by Crippen LogP contribution is 2.44. The highest BCUT2D eigenvalue weighted by atomic mass is 32.1. The maximum atomic E-state index is 13.2. The van der Waals surface area contributed by atoms with E-state index >= 15 is 0 Å². The van der Waals surface area contributed by atoms with E-state index in [0.717, 1.165) is 16.2 Å². The van der Waals surface area contributed by atoms with Crippen LogP contribution in [-0.2, 0) is 14.3 Å². The highest BCUT2D eigenvalue weighted by molar-refractivity contribution is 7.17. The summed E-state index contributed by atoms with van der Waals surface area (Å²) in [5.41, 5.74) is 0.789. The first-order chi connectivity index (χ1) is 16.3. The molecule has 1 fully saturated rings. The quantitative estimate of drug-likeness (QED) is 0.246. The Hall–Kier alpha value is -4.18. The average Bonchev–Trinajstić information content (AvgIpc) is 3.35. The van der Waals surface area contributed by atoms with Gasteiger partial charge in [-0.15, -0.1) is 0 Å². The number of thiazole rings is 1. The minimum absolute atomic E-state index is 0.0815. The summed E-state index contributed by atoms with van der Waals surface area (Å²) in [5, 5.41) is 21.3. The average molecular weight is 480 g/mol. The van der Waals surface area contributed by atoms with Crippen molar-refractivity contribution in [1.82, 2.24) is 4.98 Å². The van der Waals surface area contributed by atoms with E-state index in [1.165, 1.54) is 32.4 Å². The lowest BCUT2D eigenvalue weighted by molar-refractivity contribution is -0.132. The Labute approximate surface area is 198 Å². The number of methoxy groups -OCH3 is 2. The van der Waals surface area contributed by atoms with Gasteiger partial charge >= 0.3 is 11.9 Å². The van der Waals surface area contributed by atoms with Gasteiger partial charge in [0.25, 0.3) is 5.78 Å². The Morgan fingerprint density at radius 1 is 1.12 bits per heavy atom. The monoisotopic (exact) mass is 480 g/mol. The zero-order valence-corrected chi connectivity index (χ0v) is 19.3. The molecule has 1 aliphatic rings. The zero-order chi connectivity index (χ0) is 24.6. The summed E-state index contributed by atoms with van der Waals surface area (Å²) in [4.78, 5) is 44.1. The molecule has 0 bridgehead atoms. The number of hydrogen-bond donors (Lipinski definition) is 2. The van der Waals surface area contributed by atoms with Gasteiger partial charge in [0.05, 0.1) is 31.5 Å². The molecule has 4 rings (SSSR count). The Morgan fingerprint density at radius 3 is 2.53 bits per heavy atom. The number of anilines is 1. The first kappa shape index (κ1) is 23.0. The van der Waals surface area contributed by atoms with E-state index in [1.807, 2.05) is 0 Å². The van der Waals surface area contributed by atoms with Crippen molar-refractivity contribution >= 4 is 39.9 Å². The second-order valence-corrected chi connectivity index (χ2v) is 8.38. The molecule has 0 unspecified atom stereocenters. The molecule has 1 aromatic heterocycles. The van der Waals surface area contributed by atoms with Crippen LogP contribution in [0.25, 0.3) is 5.76 Å². The number of hydrogen-bond acceptors (Lipinski definition) is 9. The second kappa shape index (κ2) is 8.99. The predicted molar refractivity (Wildman–Crippen MR) is 124 cm³/mol. The van der Waals surface area contributed by atoms with Gasteiger partial charge in [-0.05, 0) is 36.8 Å². The number of phenols is 1. The lowest BCUT2D eigenvalue weighted by Gasteiger charge is -2.23. The van der Waals surface area contributed by atoms with Gasteiger partial charge in [-0.1, -0.05) is 35.6 Å². The molecule has 34 heavy (non-hydrogen) atoms. The number of aryl methyl sites for hydroxylation is 1. The van der Waals surface area contributed by atoms with Crippen LogP contribution in [0.15, 0.2) is 54.1 Å². The van der Waals surface area contributed by atoms with E-state index in [4.69, 9.17) is 9.47 Å². The van der Waals surface area contributed by atoms with Crippen LogP contribution in [0.3, 0.4) is 0 Å². The lowest BCUT2D eigenvalue weighted by Crippen LogP contribution is -2.29. The largest absolute Gasteiger partial charge is 0.508 e. The fourth-order valence-electron chi connectivity index (χ4n) is 3.73. The van der Waals surface area contributed by atoms with E-state index < -0.39 is 29.5 Å². The van der Waals surface area contributed by atoms with Gasteiger partial charge in [0.1, 0.15) is 22.1 Å². The summed E-state index contributed by atoms with van der Waals surface area (Å²) >= 11 is 0.894.